The molecule has 0 heterocycles. The summed E-state index contributed by atoms with van der Waals surface area (Å²) < 4.78 is 0. The Morgan fingerprint density at radius 1 is 1.31 bits per heavy atom. The molecular weight excluding hydrogens is 160 g/mol. The van der Waals surface area contributed by atoms with Gasteiger partial charge in [-0.05, 0) is 24.8 Å². The first-order chi connectivity index (χ1) is 6.20. The molecule has 0 aliphatic heterocycles. The van der Waals surface area contributed by atoms with Crippen LogP contribution in [0.25, 0.3) is 0 Å². The molecule has 0 saturated heterocycles. The summed E-state index contributed by atoms with van der Waals surface area (Å²) in [6, 6.07) is 0. The third-order valence-electron chi connectivity index (χ3n) is 3.31. The van der Waals surface area contributed by atoms with Crippen molar-refractivity contribution in [1.82, 2.24) is 4.90 Å². The van der Waals surface area contributed by atoms with Crippen molar-refractivity contribution < 1.29 is 0 Å². The van der Waals surface area contributed by atoms with Crippen LogP contribution in [0, 0.1) is 5.41 Å². The zero-order valence-electron chi connectivity index (χ0n) is 9.18. The van der Waals surface area contributed by atoms with Crippen molar-refractivity contribution in [3.05, 3.63) is 0 Å². The molecule has 0 unspecified atom stereocenters. The van der Waals surface area contributed by atoms with Crippen molar-refractivity contribution in [3.8, 4) is 0 Å². The topological polar surface area (TPSA) is 29.3 Å². The normalized spacial score (nSPS) is 21.2. The van der Waals surface area contributed by atoms with Crippen LogP contribution in [0.15, 0.2) is 0 Å². The largest absolute Gasteiger partial charge is 0.329 e. The molecule has 0 aromatic rings. The molecule has 1 saturated carbocycles. The number of likely N-dealkylation sites (N-methyl/N-ethyl adjacent to an activating group) is 1. The average Bonchev–Trinajstić information content (AvgIpc) is 2.51. The van der Waals surface area contributed by atoms with Gasteiger partial charge in [-0.3, -0.25) is 0 Å². The molecule has 0 amide bonds. The van der Waals surface area contributed by atoms with Crippen molar-refractivity contribution in [2.45, 2.75) is 39.5 Å². The van der Waals surface area contributed by atoms with E-state index in [1.54, 1.807) is 0 Å². The van der Waals surface area contributed by atoms with Crippen LogP contribution in [-0.2, 0) is 0 Å². The van der Waals surface area contributed by atoms with Gasteiger partial charge >= 0.3 is 0 Å². The minimum atomic E-state index is 0.588. The number of nitrogens with zero attached hydrogens (tertiary/aromatic N) is 1. The van der Waals surface area contributed by atoms with Crippen molar-refractivity contribution in [2.24, 2.45) is 11.1 Å². The maximum Gasteiger partial charge on any atom is 0.0105 e. The number of hydrogen-bond donors (Lipinski definition) is 1. The maximum absolute atomic E-state index is 5.58. The monoisotopic (exact) mass is 184 g/mol. The van der Waals surface area contributed by atoms with Gasteiger partial charge in [0, 0.05) is 19.6 Å². The molecule has 0 spiro atoms. The lowest BCUT2D eigenvalue weighted by atomic mass is 9.88. The van der Waals surface area contributed by atoms with Crippen LogP contribution in [-0.4, -0.2) is 31.1 Å². The molecule has 0 radical (unpaired) electrons. The molecule has 78 valence electrons. The average molecular weight is 184 g/mol. The van der Waals surface area contributed by atoms with E-state index >= 15 is 0 Å². The Balaban J connectivity index is 2.35. The maximum atomic E-state index is 5.58. The van der Waals surface area contributed by atoms with Crippen molar-refractivity contribution in [1.29, 1.82) is 0 Å². The van der Waals surface area contributed by atoms with Crippen LogP contribution in [0.3, 0.4) is 0 Å². The number of hydrogen-bond acceptors (Lipinski definition) is 2. The van der Waals surface area contributed by atoms with Gasteiger partial charge in [-0.1, -0.05) is 26.7 Å². The fourth-order valence-corrected chi connectivity index (χ4v) is 2.46. The van der Waals surface area contributed by atoms with Gasteiger partial charge in [0.25, 0.3) is 0 Å². The quantitative estimate of drug-likeness (QED) is 0.706. The van der Waals surface area contributed by atoms with Gasteiger partial charge in [0.15, 0.2) is 0 Å². The summed E-state index contributed by atoms with van der Waals surface area (Å²) in [6.45, 7) is 8.91. The summed E-state index contributed by atoms with van der Waals surface area (Å²) in [4.78, 5) is 2.49. The van der Waals surface area contributed by atoms with Crippen molar-refractivity contribution in [2.75, 3.05) is 26.2 Å². The molecule has 0 atom stereocenters. The molecule has 0 aromatic heterocycles. The van der Waals surface area contributed by atoms with E-state index in [1.165, 1.54) is 32.2 Å². The summed E-state index contributed by atoms with van der Waals surface area (Å²) in [6.07, 6.45) is 5.68. The van der Waals surface area contributed by atoms with Crippen LogP contribution in [0.2, 0.25) is 0 Å². The van der Waals surface area contributed by atoms with E-state index in [0.717, 1.165) is 19.6 Å². The highest BCUT2D eigenvalue weighted by Crippen LogP contribution is 2.37. The summed E-state index contributed by atoms with van der Waals surface area (Å²) in [5.41, 5.74) is 6.17. The second kappa shape index (κ2) is 4.97. The Kier molecular flexibility index (Phi) is 4.20. The molecule has 0 aromatic carbocycles. The van der Waals surface area contributed by atoms with E-state index in [-0.39, 0.29) is 0 Å². The van der Waals surface area contributed by atoms with Gasteiger partial charge in [-0.15, -0.1) is 0 Å². The van der Waals surface area contributed by atoms with Gasteiger partial charge in [0.1, 0.15) is 0 Å². The Hall–Kier alpha value is -0.0800. The zero-order valence-corrected chi connectivity index (χ0v) is 9.18. The van der Waals surface area contributed by atoms with E-state index < -0.39 is 0 Å². The standard InChI is InChI=1S/C11H24N2/c1-3-13(9-8-12)10-11(2)6-4-5-7-11/h3-10,12H2,1-2H3. The Bertz CT molecular complexity index is 139. The summed E-state index contributed by atoms with van der Waals surface area (Å²) in [7, 11) is 0. The fraction of sp³-hybridized carbons (Fsp3) is 1.00. The molecule has 2 nitrogen and oxygen atoms in total. The summed E-state index contributed by atoms with van der Waals surface area (Å²) >= 11 is 0. The van der Waals surface area contributed by atoms with Crippen LogP contribution < -0.4 is 5.73 Å². The van der Waals surface area contributed by atoms with Crippen LogP contribution in [0.1, 0.15) is 39.5 Å². The van der Waals surface area contributed by atoms with Crippen molar-refractivity contribution in [3.63, 3.8) is 0 Å². The summed E-state index contributed by atoms with van der Waals surface area (Å²) in [5, 5.41) is 0. The Morgan fingerprint density at radius 2 is 1.92 bits per heavy atom. The SMILES string of the molecule is CCN(CCN)CC1(C)CCCC1. The second-order valence-corrected chi connectivity index (χ2v) is 4.68. The molecule has 0 bridgehead atoms. The molecule has 1 aliphatic carbocycles. The smallest absolute Gasteiger partial charge is 0.0105 e. The highest BCUT2D eigenvalue weighted by molar-refractivity contribution is 4.83. The number of rotatable bonds is 5. The second-order valence-electron chi connectivity index (χ2n) is 4.68. The van der Waals surface area contributed by atoms with Gasteiger partial charge in [-0.2, -0.15) is 0 Å². The van der Waals surface area contributed by atoms with Gasteiger partial charge in [0.2, 0.25) is 0 Å². The first-order valence-corrected chi connectivity index (χ1v) is 5.62. The zero-order chi connectivity index (χ0) is 9.73. The highest BCUT2D eigenvalue weighted by Gasteiger charge is 2.29. The van der Waals surface area contributed by atoms with Gasteiger partial charge in [-0.25, -0.2) is 0 Å². The van der Waals surface area contributed by atoms with Crippen LogP contribution in [0.4, 0.5) is 0 Å². The van der Waals surface area contributed by atoms with Crippen LogP contribution in [0.5, 0.6) is 0 Å². The van der Waals surface area contributed by atoms with Crippen molar-refractivity contribution >= 4 is 0 Å². The highest BCUT2D eigenvalue weighted by atomic mass is 15.1. The minimum Gasteiger partial charge on any atom is -0.329 e. The first kappa shape index (κ1) is 11.0. The summed E-state index contributed by atoms with van der Waals surface area (Å²) in [5.74, 6) is 0. The predicted molar refractivity (Wildman–Crippen MR) is 57.7 cm³/mol. The van der Waals surface area contributed by atoms with E-state index in [2.05, 4.69) is 18.7 Å². The van der Waals surface area contributed by atoms with Crippen LogP contribution >= 0.6 is 0 Å². The van der Waals surface area contributed by atoms with E-state index in [1.807, 2.05) is 0 Å². The molecule has 2 heteroatoms. The molecule has 1 rings (SSSR count). The molecule has 1 aliphatic rings. The molecule has 2 N–H and O–H groups in total. The third-order valence-corrected chi connectivity index (χ3v) is 3.31. The van der Waals surface area contributed by atoms with E-state index in [4.69, 9.17) is 5.73 Å². The molecule has 1 fully saturated rings. The lowest BCUT2D eigenvalue weighted by molar-refractivity contribution is 0.177. The molecular formula is C11H24N2. The van der Waals surface area contributed by atoms with E-state index in [9.17, 15) is 0 Å². The predicted octanol–water partition coefficient (Wildman–Crippen LogP) is 1.85. The van der Waals surface area contributed by atoms with Gasteiger partial charge < -0.3 is 10.6 Å². The minimum absolute atomic E-state index is 0.588. The van der Waals surface area contributed by atoms with Gasteiger partial charge in [0.05, 0.1) is 0 Å². The lowest BCUT2D eigenvalue weighted by Gasteiger charge is -2.31. The first-order valence-electron chi connectivity index (χ1n) is 5.62. The lowest BCUT2D eigenvalue weighted by Crippen LogP contribution is -2.37. The Labute approximate surface area is 82.5 Å². The number of nitrogens with two attached hydrogens (primary N) is 1. The third kappa shape index (κ3) is 3.28. The fourth-order valence-electron chi connectivity index (χ4n) is 2.46. The van der Waals surface area contributed by atoms with E-state index in [0.29, 0.717) is 5.41 Å². The Morgan fingerprint density at radius 3 is 2.38 bits per heavy atom. The molecule has 13 heavy (non-hydrogen) atoms.